The minimum atomic E-state index is -2.16. The summed E-state index contributed by atoms with van der Waals surface area (Å²) in [5.74, 6) is -4.18. The van der Waals surface area contributed by atoms with E-state index in [0.29, 0.717) is 21.6 Å². The van der Waals surface area contributed by atoms with Gasteiger partial charge in [-0.05, 0) is 41.2 Å². The summed E-state index contributed by atoms with van der Waals surface area (Å²) < 4.78 is 13.5. The van der Waals surface area contributed by atoms with Crippen molar-refractivity contribution in [3.05, 3.63) is 0 Å². The van der Waals surface area contributed by atoms with Crippen LogP contribution in [0, 0.1) is 0 Å². The zero-order valence-corrected chi connectivity index (χ0v) is 17.4. The second-order valence-electron chi connectivity index (χ2n) is 3.46. The van der Waals surface area contributed by atoms with Crippen molar-refractivity contribution < 1.29 is 38.1 Å². The molecule has 0 fully saturated rings. The van der Waals surface area contributed by atoms with E-state index in [9.17, 15) is 19.2 Å². The topological polar surface area (TPSA) is 105 Å². The molecule has 138 valence electrons. The van der Waals surface area contributed by atoms with Gasteiger partial charge in [0, 0.05) is 0 Å². The van der Waals surface area contributed by atoms with Crippen LogP contribution in [0.25, 0.3) is 0 Å². The molecule has 0 aliphatic heterocycles. The summed E-state index contributed by atoms with van der Waals surface area (Å²) in [6.07, 6.45) is 0. The first kappa shape index (κ1) is 23.9. The molecule has 0 aromatic heterocycles. The summed E-state index contributed by atoms with van der Waals surface area (Å²) >= 11 is 11.8. The van der Waals surface area contributed by atoms with Crippen molar-refractivity contribution in [1.29, 1.82) is 0 Å². The number of methoxy groups -OCH3 is 4. The van der Waals surface area contributed by atoms with Crippen LogP contribution in [0.5, 0.6) is 0 Å². The van der Waals surface area contributed by atoms with Gasteiger partial charge >= 0.3 is 23.9 Å². The SMILES string of the molecule is COC(=O)C(Cl)(SSSSC(Cl)(C(=O)OC)C(=O)OC)C(=O)OC. The predicted octanol–water partition coefficient (Wildman–Crippen LogP) is 2.23. The monoisotopic (exact) mass is 458 g/mol. The summed E-state index contributed by atoms with van der Waals surface area (Å²) in [5.41, 5.74) is 0. The Morgan fingerprint density at radius 2 is 0.833 bits per heavy atom. The van der Waals surface area contributed by atoms with Crippen LogP contribution < -0.4 is 0 Å². The number of hydrogen-bond donors (Lipinski definition) is 0. The van der Waals surface area contributed by atoms with Gasteiger partial charge in [0.1, 0.15) is 0 Å². The molecule has 0 aromatic carbocycles. The maximum atomic E-state index is 11.7. The second-order valence-corrected chi connectivity index (χ2v) is 11.1. The number of carbonyl (C=O) groups excluding carboxylic acids is 4. The van der Waals surface area contributed by atoms with Crippen molar-refractivity contribution in [3.8, 4) is 0 Å². The van der Waals surface area contributed by atoms with Crippen molar-refractivity contribution in [2.24, 2.45) is 0 Å². The minimum absolute atomic E-state index is 0.581. The highest BCUT2D eigenvalue weighted by molar-refractivity contribution is 9.26. The van der Waals surface area contributed by atoms with Crippen LogP contribution >= 0.6 is 64.4 Å². The van der Waals surface area contributed by atoms with E-state index >= 15 is 0 Å². The predicted molar refractivity (Wildman–Crippen MR) is 95.6 cm³/mol. The van der Waals surface area contributed by atoms with Gasteiger partial charge in [-0.3, -0.25) is 0 Å². The molecule has 0 radical (unpaired) electrons. The van der Waals surface area contributed by atoms with E-state index in [1.807, 2.05) is 0 Å². The van der Waals surface area contributed by atoms with Crippen molar-refractivity contribution >= 4 is 88.3 Å². The average molecular weight is 459 g/mol. The third-order valence-corrected chi connectivity index (χ3v) is 10.4. The van der Waals surface area contributed by atoms with Gasteiger partial charge in [-0.25, -0.2) is 19.2 Å². The first-order chi connectivity index (χ1) is 11.1. The van der Waals surface area contributed by atoms with Gasteiger partial charge < -0.3 is 18.9 Å². The van der Waals surface area contributed by atoms with Gasteiger partial charge in [0.25, 0.3) is 8.41 Å². The van der Waals surface area contributed by atoms with Gasteiger partial charge in [0.15, 0.2) is 0 Å². The Labute approximate surface area is 162 Å². The van der Waals surface area contributed by atoms with Gasteiger partial charge in [-0.1, -0.05) is 23.2 Å². The van der Waals surface area contributed by atoms with Gasteiger partial charge in [0.2, 0.25) is 0 Å². The third kappa shape index (κ3) is 5.70. The normalized spacial score (nSPS) is 11.4. The summed E-state index contributed by atoms with van der Waals surface area (Å²) in [4.78, 5) is 46.6. The molecule has 0 aromatic rings. The lowest BCUT2D eigenvalue weighted by molar-refractivity contribution is -0.153. The second kappa shape index (κ2) is 10.8. The molecule has 24 heavy (non-hydrogen) atoms. The zero-order valence-electron chi connectivity index (χ0n) is 12.7. The van der Waals surface area contributed by atoms with E-state index in [2.05, 4.69) is 18.9 Å². The lowest BCUT2D eigenvalue weighted by atomic mass is 10.4. The molecule has 0 spiro atoms. The number of alkyl halides is 2. The Hall–Kier alpha value is -0.140. The molecule has 14 heteroatoms. The molecular formula is C10H12Cl2O8S4. The molecule has 0 amide bonds. The van der Waals surface area contributed by atoms with Crippen LogP contribution in [0.15, 0.2) is 0 Å². The first-order valence-corrected chi connectivity index (χ1v) is 11.1. The molecule has 0 saturated heterocycles. The fraction of sp³-hybridized carbons (Fsp3) is 0.600. The van der Waals surface area contributed by atoms with Crippen molar-refractivity contribution in [2.45, 2.75) is 8.41 Å². The Balaban J connectivity index is 4.94. The molecule has 0 unspecified atom stereocenters. The van der Waals surface area contributed by atoms with Crippen LogP contribution in [0.3, 0.4) is 0 Å². The zero-order chi connectivity index (χ0) is 19.0. The number of ether oxygens (including phenoxy) is 4. The maximum absolute atomic E-state index is 11.7. The van der Waals surface area contributed by atoms with E-state index in [4.69, 9.17) is 23.2 Å². The Bertz CT molecular complexity index is 427. The van der Waals surface area contributed by atoms with E-state index in [1.54, 1.807) is 0 Å². The highest BCUT2D eigenvalue weighted by Crippen LogP contribution is 2.55. The van der Waals surface area contributed by atoms with Crippen LogP contribution in [0.4, 0.5) is 0 Å². The standard InChI is InChI=1S/C10H12Cl2O8S4/c1-17-5(13)9(11,6(14)18-2)21-23-24-22-10(12,7(15)19-3)8(16)20-4/h1-4H3. The Morgan fingerprint density at radius 1 is 0.625 bits per heavy atom. The summed E-state index contributed by atoms with van der Waals surface area (Å²) in [5, 5.41) is 0. The van der Waals surface area contributed by atoms with E-state index in [1.165, 1.54) is 0 Å². The molecular weight excluding hydrogens is 447 g/mol. The smallest absolute Gasteiger partial charge is 0.350 e. The summed E-state index contributed by atoms with van der Waals surface area (Å²) in [6.45, 7) is 0. The largest absolute Gasteiger partial charge is 0.467 e. The number of rotatable bonds is 9. The minimum Gasteiger partial charge on any atom is -0.467 e. The van der Waals surface area contributed by atoms with E-state index in [0.717, 1.165) is 48.1 Å². The number of hydrogen-bond acceptors (Lipinski definition) is 12. The van der Waals surface area contributed by atoms with E-state index in [-0.39, 0.29) is 0 Å². The van der Waals surface area contributed by atoms with Crippen LogP contribution in [0.2, 0.25) is 0 Å². The highest BCUT2D eigenvalue weighted by atomic mass is 35.5. The fourth-order valence-corrected chi connectivity index (χ4v) is 8.73. The van der Waals surface area contributed by atoms with Crippen LogP contribution in [-0.2, 0) is 38.1 Å². The molecule has 0 heterocycles. The van der Waals surface area contributed by atoms with Gasteiger partial charge in [-0.2, -0.15) is 0 Å². The Kier molecular flexibility index (Phi) is 10.7. The maximum Gasteiger partial charge on any atom is 0.350 e. The lowest BCUT2D eigenvalue weighted by Gasteiger charge is -2.21. The number of carbonyl (C=O) groups is 4. The van der Waals surface area contributed by atoms with Crippen LogP contribution in [-0.4, -0.2) is 60.7 Å². The lowest BCUT2D eigenvalue weighted by Crippen LogP contribution is -2.39. The van der Waals surface area contributed by atoms with Crippen LogP contribution in [0.1, 0.15) is 0 Å². The summed E-state index contributed by atoms with van der Waals surface area (Å²) in [7, 11) is 6.95. The van der Waals surface area contributed by atoms with Gasteiger partial charge in [-0.15, -0.1) is 0 Å². The fourth-order valence-electron chi connectivity index (χ4n) is 0.949. The average Bonchev–Trinajstić information content (AvgIpc) is 2.61. The van der Waals surface area contributed by atoms with Crippen molar-refractivity contribution in [3.63, 3.8) is 0 Å². The molecule has 0 atom stereocenters. The third-order valence-electron chi connectivity index (χ3n) is 2.12. The number of esters is 4. The number of halogens is 2. The quantitative estimate of drug-likeness (QED) is 0.126. The molecule has 0 N–H and O–H groups in total. The molecule has 0 aliphatic rings. The van der Waals surface area contributed by atoms with E-state index < -0.39 is 32.3 Å². The molecule has 0 rings (SSSR count). The highest BCUT2D eigenvalue weighted by Gasteiger charge is 2.51. The van der Waals surface area contributed by atoms with Crippen molar-refractivity contribution in [2.75, 3.05) is 28.4 Å². The molecule has 0 aliphatic carbocycles. The summed E-state index contributed by atoms with van der Waals surface area (Å²) in [6, 6.07) is 0. The van der Waals surface area contributed by atoms with Gasteiger partial charge in [0.05, 0.1) is 28.4 Å². The molecule has 8 nitrogen and oxygen atoms in total. The molecule has 0 bridgehead atoms. The first-order valence-electron chi connectivity index (χ1n) is 5.55. The van der Waals surface area contributed by atoms with Crippen molar-refractivity contribution in [1.82, 2.24) is 0 Å². The Morgan fingerprint density at radius 3 is 1.00 bits per heavy atom. The molecule has 0 saturated carbocycles.